The third-order valence-electron chi connectivity index (χ3n) is 2.84. The van der Waals surface area contributed by atoms with Crippen LogP contribution in [0.15, 0.2) is 46.1 Å². The molecule has 2 aromatic rings. The molecule has 0 aliphatic heterocycles. The molecule has 0 amide bonds. The normalized spacial score (nSPS) is 11.7. The summed E-state index contributed by atoms with van der Waals surface area (Å²) in [4.78, 5) is 0.286. The van der Waals surface area contributed by atoms with Gasteiger partial charge in [0, 0.05) is 12.1 Å². The fraction of sp³-hybridized carbons (Fsp3) is 0.231. The number of furan rings is 1. The molecule has 2 rings (SSSR count). The quantitative estimate of drug-likeness (QED) is 0.923. The molecule has 1 aromatic heterocycles. The third kappa shape index (κ3) is 2.80. The molecule has 0 atom stereocenters. The Hall–Kier alpha value is -1.59. The van der Waals surface area contributed by atoms with Crippen molar-refractivity contribution in [3.8, 4) is 0 Å². The lowest BCUT2D eigenvalue weighted by atomic mass is 10.1. The molecule has 0 spiro atoms. The summed E-state index contributed by atoms with van der Waals surface area (Å²) in [7, 11) is -3.47. The molecule has 96 valence electrons. The number of nitrogens with one attached hydrogen (secondary N) is 1. The molecule has 4 nitrogen and oxygen atoms in total. The number of aryl methyl sites for hydroxylation is 2. The fourth-order valence-corrected chi connectivity index (χ4v) is 2.64. The van der Waals surface area contributed by atoms with E-state index in [1.165, 1.54) is 12.5 Å². The second-order valence-electron chi connectivity index (χ2n) is 4.20. The highest BCUT2D eigenvalue weighted by Crippen LogP contribution is 2.15. The van der Waals surface area contributed by atoms with Crippen molar-refractivity contribution in [1.29, 1.82) is 0 Å². The van der Waals surface area contributed by atoms with Crippen LogP contribution in [-0.2, 0) is 16.6 Å². The molecule has 0 aliphatic carbocycles. The monoisotopic (exact) mass is 265 g/mol. The minimum Gasteiger partial charge on any atom is -0.472 e. The zero-order valence-corrected chi connectivity index (χ0v) is 11.1. The smallest absolute Gasteiger partial charge is 0.240 e. The van der Waals surface area contributed by atoms with Crippen LogP contribution in [0.3, 0.4) is 0 Å². The summed E-state index contributed by atoms with van der Waals surface area (Å²) in [5.41, 5.74) is 2.83. The van der Waals surface area contributed by atoms with Gasteiger partial charge in [0.1, 0.15) is 0 Å². The van der Waals surface area contributed by atoms with E-state index in [1.807, 2.05) is 19.9 Å². The molecular formula is C13H15NO3S. The van der Waals surface area contributed by atoms with Gasteiger partial charge >= 0.3 is 0 Å². The van der Waals surface area contributed by atoms with Crippen LogP contribution in [0.25, 0.3) is 0 Å². The van der Waals surface area contributed by atoms with Crippen LogP contribution in [0.5, 0.6) is 0 Å². The zero-order valence-electron chi connectivity index (χ0n) is 10.3. The van der Waals surface area contributed by atoms with E-state index in [1.54, 1.807) is 18.2 Å². The molecule has 0 unspecified atom stereocenters. The van der Waals surface area contributed by atoms with Gasteiger partial charge in [0.05, 0.1) is 17.4 Å². The van der Waals surface area contributed by atoms with Gasteiger partial charge in [-0.25, -0.2) is 13.1 Å². The summed E-state index contributed by atoms with van der Waals surface area (Å²) in [6.07, 6.45) is 3.03. The van der Waals surface area contributed by atoms with E-state index in [0.717, 1.165) is 16.7 Å². The van der Waals surface area contributed by atoms with Crippen molar-refractivity contribution >= 4 is 10.0 Å². The zero-order chi connectivity index (χ0) is 13.2. The predicted molar refractivity (Wildman–Crippen MR) is 68.6 cm³/mol. The topological polar surface area (TPSA) is 59.3 Å². The van der Waals surface area contributed by atoms with Crippen molar-refractivity contribution in [1.82, 2.24) is 4.72 Å². The van der Waals surface area contributed by atoms with E-state index in [4.69, 9.17) is 4.42 Å². The summed E-state index contributed by atoms with van der Waals surface area (Å²) >= 11 is 0. The highest BCUT2D eigenvalue weighted by Gasteiger charge is 2.14. The van der Waals surface area contributed by atoms with Crippen molar-refractivity contribution in [2.45, 2.75) is 25.3 Å². The van der Waals surface area contributed by atoms with Crippen LogP contribution < -0.4 is 4.72 Å². The Labute approximate surface area is 107 Å². The van der Waals surface area contributed by atoms with Crippen molar-refractivity contribution in [2.75, 3.05) is 0 Å². The van der Waals surface area contributed by atoms with Crippen molar-refractivity contribution in [3.63, 3.8) is 0 Å². The molecular weight excluding hydrogens is 250 g/mol. The van der Waals surface area contributed by atoms with Gasteiger partial charge in [0.15, 0.2) is 0 Å². The van der Waals surface area contributed by atoms with Gasteiger partial charge in [-0.1, -0.05) is 6.07 Å². The molecule has 18 heavy (non-hydrogen) atoms. The standard InChI is InChI=1S/C13H15NO3S/c1-10-3-4-13(7-11(10)2)18(15,16)14-8-12-5-6-17-9-12/h3-7,9,14H,8H2,1-2H3. The van der Waals surface area contributed by atoms with Crippen LogP contribution >= 0.6 is 0 Å². The minimum absolute atomic E-state index is 0.228. The summed E-state index contributed by atoms with van der Waals surface area (Å²) in [6.45, 7) is 4.07. The maximum atomic E-state index is 12.0. The Morgan fingerprint density at radius 3 is 2.56 bits per heavy atom. The van der Waals surface area contributed by atoms with Crippen LogP contribution in [0.2, 0.25) is 0 Å². The molecule has 1 N–H and O–H groups in total. The average molecular weight is 265 g/mol. The highest BCUT2D eigenvalue weighted by atomic mass is 32.2. The molecule has 0 saturated carbocycles. The molecule has 0 bridgehead atoms. The maximum Gasteiger partial charge on any atom is 0.240 e. The lowest BCUT2D eigenvalue weighted by Crippen LogP contribution is -2.23. The number of sulfonamides is 1. The van der Waals surface area contributed by atoms with Crippen LogP contribution in [0.4, 0.5) is 0 Å². The van der Waals surface area contributed by atoms with Gasteiger partial charge in [-0.2, -0.15) is 0 Å². The van der Waals surface area contributed by atoms with Crippen molar-refractivity contribution in [2.24, 2.45) is 0 Å². The lowest BCUT2D eigenvalue weighted by Gasteiger charge is -2.07. The maximum absolute atomic E-state index is 12.0. The predicted octanol–water partition coefficient (Wildman–Crippen LogP) is 2.37. The van der Waals surface area contributed by atoms with Crippen LogP contribution in [0.1, 0.15) is 16.7 Å². The first-order valence-electron chi connectivity index (χ1n) is 5.57. The average Bonchev–Trinajstić information content (AvgIpc) is 2.83. The van der Waals surface area contributed by atoms with Crippen molar-refractivity contribution < 1.29 is 12.8 Å². The molecule has 0 saturated heterocycles. The Balaban J connectivity index is 2.17. The molecule has 1 aromatic carbocycles. The van der Waals surface area contributed by atoms with Gasteiger partial charge < -0.3 is 4.42 Å². The number of rotatable bonds is 4. The Morgan fingerprint density at radius 1 is 1.17 bits per heavy atom. The molecule has 5 heteroatoms. The van der Waals surface area contributed by atoms with Gasteiger partial charge in [0.25, 0.3) is 0 Å². The second-order valence-corrected chi connectivity index (χ2v) is 5.97. The lowest BCUT2D eigenvalue weighted by molar-refractivity contribution is 0.561. The van der Waals surface area contributed by atoms with Gasteiger partial charge in [-0.3, -0.25) is 0 Å². The Bertz CT molecular complexity index is 630. The highest BCUT2D eigenvalue weighted by molar-refractivity contribution is 7.89. The SMILES string of the molecule is Cc1ccc(S(=O)(=O)NCc2ccoc2)cc1C. The van der Waals surface area contributed by atoms with E-state index in [0.29, 0.717) is 0 Å². The molecule has 0 aliphatic rings. The van der Waals surface area contributed by atoms with E-state index in [2.05, 4.69) is 4.72 Å². The minimum atomic E-state index is -3.47. The van der Waals surface area contributed by atoms with E-state index in [9.17, 15) is 8.42 Å². The fourth-order valence-electron chi connectivity index (χ4n) is 1.54. The molecule has 0 radical (unpaired) electrons. The summed E-state index contributed by atoms with van der Waals surface area (Å²) < 4.78 is 31.5. The van der Waals surface area contributed by atoms with E-state index >= 15 is 0 Å². The van der Waals surface area contributed by atoms with E-state index < -0.39 is 10.0 Å². The summed E-state index contributed by atoms with van der Waals surface area (Å²) in [5.74, 6) is 0. The van der Waals surface area contributed by atoms with Crippen molar-refractivity contribution in [3.05, 3.63) is 53.5 Å². The first-order chi connectivity index (χ1) is 8.49. The first kappa shape index (κ1) is 12.9. The Morgan fingerprint density at radius 2 is 1.94 bits per heavy atom. The largest absolute Gasteiger partial charge is 0.472 e. The summed E-state index contributed by atoms with van der Waals surface area (Å²) in [5, 5.41) is 0. The number of hydrogen-bond donors (Lipinski definition) is 1. The van der Waals surface area contributed by atoms with Gasteiger partial charge in [0.2, 0.25) is 10.0 Å². The van der Waals surface area contributed by atoms with Gasteiger partial charge in [-0.05, 0) is 43.2 Å². The van der Waals surface area contributed by atoms with Gasteiger partial charge in [-0.15, -0.1) is 0 Å². The third-order valence-corrected chi connectivity index (χ3v) is 4.23. The van der Waals surface area contributed by atoms with Crippen LogP contribution in [-0.4, -0.2) is 8.42 Å². The molecule has 1 heterocycles. The molecule has 0 fully saturated rings. The summed E-state index contributed by atoms with van der Waals surface area (Å²) in [6, 6.07) is 6.82. The Kier molecular flexibility index (Phi) is 3.54. The number of benzene rings is 1. The first-order valence-corrected chi connectivity index (χ1v) is 7.05. The second kappa shape index (κ2) is 4.96. The van der Waals surface area contributed by atoms with Crippen LogP contribution in [0, 0.1) is 13.8 Å². The van der Waals surface area contributed by atoms with E-state index in [-0.39, 0.29) is 11.4 Å². The number of hydrogen-bond acceptors (Lipinski definition) is 3.